The summed E-state index contributed by atoms with van der Waals surface area (Å²) >= 11 is 0. The summed E-state index contributed by atoms with van der Waals surface area (Å²) < 4.78 is 12.3. The predicted molar refractivity (Wildman–Crippen MR) is 75.9 cm³/mol. The van der Waals surface area contributed by atoms with Gasteiger partial charge in [0.2, 0.25) is 0 Å². The molecule has 0 saturated carbocycles. The van der Waals surface area contributed by atoms with Crippen molar-refractivity contribution in [3.63, 3.8) is 0 Å². The Labute approximate surface area is 108 Å². The Balaban J connectivity index is 2.72. The van der Waals surface area contributed by atoms with Crippen LogP contribution in [0.3, 0.4) is 0 Å². The number of rotatable bonds is 2. The zero-order valence-electron chi connectivity index (χ0n) is 12.7. The maximum Gasteiger partial charge on any atom is 0.192 e. The summed E-state index contributed by atoms with van der Waals surface area (Å²) in [6.45, 7) is 16.9. The van der Waals surface area contributed by atoms with Gasteiger partial charge in [-0.15, -0.1) is 0 Å². The maximum absolute atomic E-state index is 6.56. The minimum Gasteiger partial charge on any atom is -0.414 e. The molecule has 0 radical (unpaired) electrons. The highest BCUT2D eigenvalue weighted by Crippen LogP contribution is 2.39. The fourth-order valence-electron chi connectivity index (χ4n) is 1.99. The van der Waals surface area contributed by atoms with Crippen molar-refractivity contribution in [2.45, 2.75) is 77.8 Å². The topological polar surface area (TPSA) is 18.5 Å². The summed E-state index contributed by atoms with van der Waals surface area (Å²) in [6.07, 6.45) is 2.99. The summed E-state index contributed by atoms with van der Waals surface area (Å²) in [4.78, 5) is 0. The fraction of sp³-hybridized carbons (Fsp3) is 1.00. The first-order chi connectivity index (χ1) is 7.65. The molecule has 3 atom stereocenters. The molecule has 1 aliphatic heterocycles. The number of ether oxygens (including phenoxy) is 1. The van der Waals surface area contributed by atoms with Crippen LogP contribution >= 0.6 is 0 Å². The van der Waals surface area contributed by atoms with Crippen molar-refractivity contribution in [3.05, 3.63) is 0 Å². The molecule has 0 aromatic rings. The third kappa shape index (κ3) is 3.80. The van der Waals surface area contributed by atoms with Crippen molar-refractivity contribution in [2.24, 2.45) is 5.92 Å². The first kappa shape index (κ1) is 15.2. The zero-order valence-corrected chi connectivity index (χ0v) is 13.7. The van der Waals surface area contributed by atoms with Crippen LogP contribution in [0.15, 0.2) is 0 Å². The molecule has 0 aromatic carbocycles. The molecule has 1 saturated heterocycles. The minimum absolute atomic E-state index is 0.295. The van der Waals surface area contributed by atoms with Gasteiger partial charge in [-0.1, -0.05) is 27.7 Å². The van der Waals surface area contributed by atoms with Crippen molar-refractivity contribution in [1.82, 2.24) is 0 Å². The van der Waals surface area contributed by atoms with Gasteiger partial charge in [0.15, 0.2) is 8.32 Å². The largest absolute Gasteiger partial charge is 0.414 e. The highest BCUT2D eigenvalue weighted by Gasteiger charge is 2.41. The lowest BCUT2D eigenvalue weighted by Crippen LogP contribution is -2.46. The molecular weight excluding hydrogens is 228 g/mol. The molecule has 0 aromatic heterocycles. The second-order valence-corrected chi connectivity index (χ2v) is 11.8. The van der Waals surface area contributed by atoms with Gasteiger partial charge in [-0.25, -0.2) is 0 Å². The van der Waals surface area contributed by atoms with Crippen LogP contribution in [-0.2, 0) is 9.16 Å². The van der Waals surface area contributed by atoms with Gasteiger partial charge < -0.3 is 9.16 Å². The monoisotopic (exact) mass is 258 g/mol. The van der Waals surface area contributed by atoms with Crippen LogP contribution in [0.2, 0.25) is 18.1 Å². The van der Waals surface area contributed by atoms with Gasteiger partial charge in [-0.2, -0.15) is 0 Å². The second-order valence-electron chi connectivity index (χ2n) is 6.99. The summed E-state index contributed by atoms with van der Waals surface area (Å²) in [5.41, 5.74) is 0. The molecule has 102 valence electrons. The molecular formula is C14H30O2Si. The molecule has 0 aliphatic carbocycles. The molecule has 1 fully saturated rings. The lowest BCUT2D eigenvalue weighted by Gasteiger charge is -2.41. The van der Waals surface area contributed by atoms with Crippen molar-refractivity contribution in [1.29, 1.82) is 0 Å². The number of hydrogen-bond acceptors (Lipinski definition) is 2. The molecule has 0 N–H and O–H groups in total. The van der Waals surface area contributed by atoms with E-state index in [1.807, 2.05) is 0 Å². The van der Waals surface area contributed by atoms with E-state index in [-0.39, 0.29) is 0 Å². The molecule has 2 nitrogen and oxygen atoms in total. The van der Waals surface area contributed by atoms with Crippen LogP contribution in [-0.4, -0.2) is 27.1 Å². The van der Waals surface area contributed by atoms with Crippen LogP contribution in [0.5, 0.6) is 0 Å². The van der Waals surface area contributed by atoms with Gasteiger partial charge in [0.05, 0.1) is 12.2 Å². The first-order valence-corrected chi connectivity index (χ1v) is 9.85. The summed E-state index contributed by atoms with van der Waals surface area (Å²) in [7, 11) is -1.64. The van der Waals surface area contributed by atoms with Crippen LogP contribution in [0.25, 0.3) is 0 Å². The molecule has 0 spiro atoms. The Bertz CT molecular complexity index is 245. The summed E-state index contributed by atoms with van der Waals surface area (Å²) in [6, 6.07) is 0. The van der Waals surface area contributed by atoms with Crippen molar-refractivity contribution in [3.8, 4) is 0 Å². The van der Waals surface area contributed by atoms with Crippen molar-refractivity contribution < 1.29 is 9.16 Å². The van der Waals surface area contributed by atoms with Crippen LogP contribution in [0.4, 0.5) is 0 Å². The third-order valence-corrected chi connectivity index (χ3v) is 9.10. The summed E-state index contributed by atoms with van der Waals surface area (Å²) in [5.74, 6) is 0.506. The predicted octanol–water partition coefficient (Wildman–Crippen LogP) is 4.21. The van der Waals surface area contributed by atoms with E-state index in [0.717, 1.165) is 19.4 Å². The quantitative estimate of drug-likeness (QED) is 0.691. The van der Waals surface area contributed by atoms with E-state index in [4.69, 9.17) is 9.16 Å². The lowest BCUT2D eigenvalue weighted by molar-refractivity contribution is 0.0117. The highest BCUT2D eigenvalue weighted by molar-refractivity contribution is 6.74. The molecule has 17 heavy (non-hydrogen) atoms. The van der Waals surface area contributed by atoms with Gasteiger partial charge >= 0.3 is 0 Å². The van der Waals surface area contributed by atoms with E-state index in [2.05, 4.69) is 47.7 Å². The van der Waals surface area contributed by atoms with E-state index >= 15 is 0 Å². The second kappa shape index (κ2) is 5.41. The Kier molecular flexibility index (Phi) is 4.84. The van der Waals surface area contributed by atoms with E-state index in [1.165, 1.54) is 0 Å². The normalized spacial score (nSPS) is 32.3. The van der Waals surface area contributed by atoms with Crippen LogP contribution < -0.4 is 0 Å². The smallest absolute Gasteiger partial charge is 0.192 e. The van der Waals surface area contributed by atoms with Gasteiger partial charge in [0.1, 0.15) is 0 Å². The molecule has 0 unspecified atom stereocenters. The van der Waals surface area contributed by atoms with Crippen LogP contribution in [0.1, 0.15) is 47.5 Å². The first-order valence-electron chi connectivity index (χ1n) is 6.94. The fourth-order valence-corrected chi connectivity index (χ4v) is 3.44. The zero-order chi connectivity index (χ0) is 13.3. The molecule has 1 rings (SSSR count). The van der Waals surface area contributed by atoms with E-state index in [1.54, 1.807) is 0 Å². The van der Waals surface area contributed by atoms with Crippen molar-refractivity contribution >= 4 is 8.32 Å². The lowest BCUT2D eigenvalue weighted by atomic mass is 9.97. The van der Waals surface area contributed by atoms with E-state index in [0.29, 0.717) is 23.2 Å². The average Bonchev–Trinajstić information content (AvgIpc) is 2.31. The van der Waals surface area contributed by atoms with Crippen molar-refractivity contribution in [2.75, 3.05) is 6.61 Å². The molecule has 1 aliphatic rings. The standard InChI is InChI=1S/C14H30O2Si/c1-11-12(2)15-10-8-9-13(11)16-17(6,7)14(3,4)5/h11-13H,8-10H2,1-7H3/t11-,12-,13-/m0/s1. The van der Waals surface area contributed by atoms with Gasteiger partial charge in [-0.05, 0) is 37.9 Å². The molecule has 3 heteroatoms. The van der Waals surface area contributed by atoms with Gasteiger partial charge in [-0.3, -0.25) is 0 Å². The number of hydrogen-bond donors (Lipinski definition) is 0. The van der Waals surface area contributed by atoms with Gasteiger partial charge in [0, 0.05) is 12.5 Å². The third-order valence-electron chi connectivity index (χ3n) is 4.59. The summed E-state index contributed by atoms with van der Waals surface area (Å²) in [5, 5.41) is 0.295. The minimum atomic E-state index is -1.64. The molecule has 0 bridgehead atoms. The molecule has 0 amide bonds. The highest BCUT2D eigenvalue weighted by atomic mass is 28.4. The Morgan fingerprint density at radius 1 is 1.18 bits per heavy atom. The molecule has 1 heterocycles. The Hall–Kier alpha value is 0.137. The van der Waals surface area contributed by atoms with E-state index in [9.17, 15) is 0 Å². The van der Waals surface area contributed by atoms with Crippen LogP contribution in [0, 0.1) is 5.92 Å². The SMILES string of the molecule is C[C@H]1[C@H](C)OCCC[C@@H]1O[Si](C)(C)C(C)(C)C. The Morgan fingerprint density at radius 2 is 1.76 bits per heavy atom. The average molecular weight is 258 g/mol. The van der Waals surface area contributed by atoms with E-state index < -0.39 is 8.32 Å². The Morgan fingerprint density at radius 3 is 2.29 bits per heavy atom. The van der Waals surface area contributed by atoms with Gasteiger partial charge in [0.25, 0.3) is 0 Å². The maximum atomic E-state index is 6.56.